The second kappa shape index (κ2) is 8.22. The zero-order valence-electron chi connectivity index (χ0n) is 13.4. The highest BCUT2D eigenvalue weighted by Gasteiger charge is 2.24. The largest absolute Gasteiger partial charge is 0.354 e. The van der Waals surface area contributed by atoms with E-state index in [1.54, 1.807) is 0 Å². The molecule has 1 aromatic rings. The van der Waals surface area contributed by atoms with Crippen LogP contribution in [0.3, 0.4) is 0 Å². The van der Waals surface area contributed by atoms with Gasteiger partial charge in [0.2, 0.25) is 5.91 Å². The van der Waals surface area contributed by atoms with Gasteiger partial charge in [0, 0.05) is 36.5 Å². The molecule has 3 rings (SSSR count). The fourth-order valence-corrected chi connectivity index (χ4v) is 3.95. The van der Waals surface area contributed by atoms with Gasteiger partial charge in [-0.3, -0.25) is 14.7 Å². The van der Waals surface area contributed by atoms with Crippen LogP contribution in [0.15, 0.2) is 22.9 Å². The number of aromatic nitrogens is 1. The van der Waals surface area contributed by atoms with Crippen LogP contribution in [0.5, 0.6) is 0 Å². The van der Waals surface area contributed by atoms with Crippen molar-refractivity contribution in [3.63, 3.8) is 0 Å². The molecule has 126 valence electrons. The van der Waals surface area contributed by atoms with Gasteiger partial charge in [-0.05, 0) is 72.3 Å². The second-order valence-electron chi connectivity index (χ2n) is 6.65. The highest BCUT2D eigenvalue weighted by atomic mass is 79.9. The molecule has 0 aromatic carbocycles. The van der Waals surface area contributed by atoms with Crippen LogP contribution >= 0.6 is 15.9 Å². The first-order valence-electron chi connectivity index (χ1n) is 8.53. The van der Waals surface area contributed by atoms with Crippen LogP contribution < -0.4 is 10.6 Å². The third-order valence-corrected chi connectivity index (χ3v) is 5.15. The summed E-state index contributed by atoms with van der Waals surface area (Å²) >= 11 is 3.48. The van der Waals surface area contributed by atoms with Crippen LogP contribution in [-0.4, -0.2) is 48.0 Å². The van der Waals surface area contributed by atoms with Gasteiger partial charge in [0.25, 0.3) is 0 Å². The summed E-state index contributed by atoms with van der Waals surface area (Å²) in [6, 6.07) is 2.16. The van der Waals surface area contributed by atoms with E-state index < -0.39 is 0 Å². The normalized spacial score (nSPS) is 25.4. The molecular weight excluding hydrogens is 356 g/mol. The van der Waals surface area contributed by atoms with E-state index in [0.29, 0.717) is 5.92 Å². The van der Waals surface area contributed by atoms with E-state index in [1.807, 2.05) is 12.4 Å². The number of carbonyl (C=O) groups excluding carboxylic acids is 1. The molecule has 0 aliphatic carbocycles. The van der Waals surface area contributed by atoms with E-state index in [4.69, 9.17) is 0 Å². The minimum atomic E-state index is 0.0300. The Kier molecular flexibility index (Phi) is 6.02. The Labute approximate surface area is 146 Å². The topological polar surface area (TPSA) is 57.3 Å². The van der Waals surface area contributed by atoms with Crippen LogP contribution in [0.1, 0.15) is 31.2 Å². The maximum absolute atomic E-state index is 12.1. The Morgan fingerprint density at radius 2 is 2.30 bits per heavy atom. The smallest absolute Gasteiger partial charge is 0.237 e. The van der Waals surface area contributed by atoms with Gasteiger partial charge in [-0.2, -0.15) is 0 Å². The van der Waals surface area contributed by atoms with Gasteiger partial charge in [0.05, 0.1) is 6.04 Å². The van der Waals surface area contributed by atoms with Crippen LogP contribution in [0.2, 0.25) is 0 Å². The first-order chi connectivity index (χ1) is 11.2. The monoisotopic (exact) mass is 380 g/mol. The Hall–Kier alpha value is -0.980. The number of piperidine rings is 1. The quantitative estimate of drug-likeness (QED) is 0.819. The van der Waals surface area contributed by atoms with Crippen molar-refractivity contribution in [1.82, 2.24) is 20.5 Å². The minimum Gasteiger partial charge on any atom is -0.354 e. The Morgan fingerprint density at radius 1 is 1.39 bits per heavy atom. The lowest BCUT2D eigenvalue weighted by atomic mass is 9.97. The van der Waals surface area contributed by atoms with Crippen molar-refractivity contribution in [3.05, 3.63) is 28.5 Å². The van der Waals surface area contributed by atoms with E-state index in [1.165, 1.54) is 18.4 Å². The van der Waals surface area contributed by atoms with E-state index in [0.717, 1.165) is 50.0 Å². The van der Waals surface area contributed by atoms with Crippen molar-refractivity contribution in [2.24, 2.45) is 5.92 Å². The molecule has 0 saturated carbocycles. The molecule has 2 saturated heterocycles. The molecule has 2 unspecified atom stereocenters. The summed E-state index contributed by atoms with van der Waals surface area (Å²) in [4.78, 5) is 18.8. The van der Waals surface area contributed by atoms with Crippen LogP contribution in [0.25, 0.3) is 0 Å². The van der Waals surface area contributed by atoms with Gasteiger partial charge in [-0.15, -0.1) is 0 Å². The van der Waals surface area contributed by atoms with Crippen molar-refractivity contribution in [3.8, 4) is 0 Å². The molecule has 2 N–H and O–H groups in total. The number of amides is 1. The lowest BCUT2D eigenvalue weighted by Gasteiger charge is -2.33. The maximum Gasteiger partial charge on any atom is 0.237 e. The Balaban J connectivity index is 1.45. The van der Waals surface area contributed by atoms with Gasteiger partial charge >= 0.3 is 0 Å². The standard InChI is InChI=1S/C17H25BrN4O/c18-15-7-14(8-19-10-15)12-22-6-2-3-13(11-22)9-21-17(23)16-4-1-5-20-16/h7-8,10,13,16,20H,1-6,9,11-12H2,(H,21,23). The third kappa shape index (κ3) is 4.99. The molecule has 0 bridgehead atoms. The number of hydrogen-bond acceptors (Lipinski definition) is 4. The molecular formula is C17H25BrN4O. The molecule has 0 radical (unpaired) electrons. The van der Waals surface area contributed by atoms with Gasteiger partial charge in [0.15, 0.2) is 0 Å². The van der Waals surface area contributed by atoms with Crippen LogP contribution in [-0.2, 0) is 11.3 Å². The third-order valence-electron chi connectivity index (χ3n) is 4.71. The summed E-state index contributed by atoms with van der Waals surface area (Å²) < 4.78 is 1.03. The predicted octanol–water partition coefficient (Wildman–Crippen LogP) is 1.92. The zero-order valence-corrected chi connectivity index (χ0v) is 15.0. The second-order valence-corrected chi connectivity index (χ2v) is 7.56. The number of hydrogen-bond donors (Lipinski definition) is 2. The molecule has 5 nitrogen and oxygen atoms in total. The highest BCUT2D eigenvalue weighted by molar-refractivity contribution is 9.10. The number of nitrogens with zero attached hydrogens (tertiary/aromatic N) is 2. The van der Waals surface area contributed by atoms with Gasteiger partial charge in [0.1, 0.15) is 0 Å². The fraction of sp³-hybridized carbons (Fsp3) is 0.647. The van der Waals surface area contributed by atoms with Crippen molar-refractivity contribution in [2.75, 3.05) is 26.2 Å². The van der Waals surface area contributed by atoms with Gasteiger partial charge in [-0.25, -0.2) is 0 Å². The molecule has 2 aliphatic rings. The van der Waals surface area contributed by atoms with Crippen LogP contribution in [0, 0.1) is 5.92 Å². The summed E-state index contributed by atoms with van der Waals surface area (Å²) in [5.74, 6) is 0.727. The maximum atomic E-state index is 12.1. The molecule has 2 aliphatic heterocycles. The SMILES string of the molecule is O=C(NCC1CCCN(Cc2cncc(Br)c2)C1)C1CCCN1. The number of likely N-dealkylation sites (tertiary alicyclic amines) is 1. The summed E-state index contributed by atoms with van der Waals surface area (Å²) in [5, 5.41) is 6.40. The molecule has 2 atom stereocenters. The van der Waals surface area contributed by atoms with Crippen molar-refractivity contribution in [1.29, 1.82) is 0 Å². The average molecular weight is 381 g/mol. The van der Waals surface area contributed by atoms with Crippen molar-refractivity contribution >= 4 is 21.8 Å². The molecule has 6 heteroatoms. The molecule has 3 heterocycles. The van der Waals surface area contributed by atoms with Crippen LogP contribution in [0.4, 0.5) is 0 Å². The first-order valence-corrected chi connectivity index (χ1v) is 9.33. The Bertz CT molecular complexity index is 533. The summed E-state index contributed by atoms with van der Waals surface area (Å²) in [6.45, 7) is 4.87. The number of nitrogens with one attached hydrogen (secondary N) is 2. The van der Waals surface area contributed by atoms with Crippen molar-refractivity contribution < 1.29 is 4.79 Å². The van der Waals surface area contributed by atoms with Crippen molar-refractivity contribution in [2.45, 2.75) is 38.3 Å². The van der Waals surface area contributed by atoms with Gasteiger partial charge in [-0.1, -0.05) is 0 Å². The highest BCUT2D eigenvalue weighted by Crippen LogP contribution is 2.19. The minimum absolute atomic E-state index is 0.0300. The van der Waals surface area contributed by atoms with Gasteiger partial charge < -0.3 is 10.6 Å². The summed E-state index contributed by atoms with van der Waals surface area (Å²) in [7, 11) is 0. The molecule has 1 aromatic heterocycles. The number of rotatable bonds is 5. The number of halogens is 1. The summed E-state index contributed by atoms with van der Waals surface area (Å²) in [5.41, 5.74) is 1.24. The lowest BCUT2D eigenvalue weighted by Crippen LogP contribution is -2.45. The van der Waals surface area contributed by atoms with E-state index in [9.17, 15) is 4.79 Å². The molecule has 0 spiro atoms. The predicted molar refractivity (Wildman–Crippen MR) is 94.0 cm³/mol. The molecule has 2 fully saturated rings. The number of pyridine rings is 1. The number of carbonyl (C=O) groups is 1. The molecule has 1 amide bonds. The zero-order chi connectivity index (χ0) is 16.1. The lowest BCUT2D eigenvalue weighted by molar-refractivity contribution is -0.123. The van der Waals surface area contributed by atoms with E-state index in [-0.39, 0.29) is 11.9 Å². The van der Waals surface area contributed by atoms with E-state index in [2.05, 4.69) is 42.5 Å². The Morgan fingerprint density at radius 3 is 3.09 bits per heavy atom. The average Bonchev–Trinajstić information content (AvgIpc) is 3.07. The molecule has 23 heavy (non-hydrogen) atoms. The fourth-order valence-electron chi connectivity index (χ4n) is 3.54. The first kappa shape index (κ1) is 16.9. The van der Waals surface area contributed by atoms with E-state index >= 15 is 0 Å². The summed E-state index contributed by atoms with van der Waals surface area (Å²) in [6.07, 6.45) is 8.22.